The van der Waals surface area contributed by atoms with E-state index in [9.17, 15) is 0 Å². The van der Waals surface area contributed by atoms with Crippen LogP contribution in [0.5, 0.6) is 0 Å². The van der Waals surface area contributed by atoms with Crippen LogP contribution in [0.2, 0.25) is 0 Å². The highest BCUT2D eigenvalue weighted by Crippen LogP contribution is 2.21. The summed E-state index contributed by atoms with van der Waals surface area (Å²) in [7, 11) is 2.06. The Morgan fingerprint density at radius 2 is 2.15 bits per heavy atom. The molecule has 1 aromatic heterocycles. The molecule has 0 bridgehead atoms. The molecule has 0 saturated carbocycles. The van der Waals surface area contributed by atoms with Crippen LogP contribution in [0.15, 0.2) is 18.7 Å². The molecule has 1 rings (SSSR count). The van der Waals surface area contributed by atoms with Gasteiger partial charge in [0.05, 0.1) is 11.4 Å². The van der Waals surface area contributed by atoms with Crippen molar-refractivity contribution in [1.82, 2.24) is 15.1 Å². The lowest BCUT2D eigenvalue weighted by molar-refractivity contribution is 0.446. The van der Waals surface area contributed by atoms with Gasteiger partial charge in [0.2, 0.25) is 0 Å². The van der Waals surface area contributed by atoms with Crippen molar-refractivity contribution in [2.75, 3.05) is 6.54 Å². The largest absolute Gasteiger partial charge is 0.309 e. The average Bonchev–Trinajstić information content (AvgIpc) is 2.83. The molecule has 114 valence electrons. The Bertz CT molecular complexity index is 382. The number of nitrogens with one attached hydrogen (secondary N) is 1. The van der Waals surface area contributed by atoms with Crippen LogP contribution in [0.4, 0.5) is 0 Å². The highest BCUT2D eigenvalue weighted by atomic mass is 15.3. The molecule has 1 aromatic rings. The third kappa shape index (κ3) is 5.49. The summed E-state index contributed by atoms with van der Waals surface area (Å²) in [5, 5.41) is 8.25. The molecule has 3 heteroatoms. The molecule has 0 aliphatic carbocycles. The highest BCUT2D eigenvalue weighted by molar-refractivity contribution is 5.14. The topological polar surface area (TPSA) is 29.9 Å². The van der Waals surface area contributed by atoms with Gasteiger partial charge in [-0.05, 0) is 44.7 Å². The first kappa shape index (κ1) is 17.0. The lowest BCUT2D eigenvalue weighted by atomic mass is 10.0. The van der Waals surface area contributed by atoms with Gasteiger partial charge in [-0.2, -0.15) is 5.10 Å². The number of aryl methyl sites for hydroxylation is 2. The van der Waals surface area contributed by atoms with Gasteiger partial charge in [0, 0.05) is 13.1 Å². The van der Waals surface area contributed by atoms with Crippen molar-refractivity contribution in [2.45, 2.75) is 64.8 Å². The molecular weight excluding hydrogens is 246 g/mol. The summed E-state index contributed by atoms with van der Waals surface area (Å²) in [6, 6.07) is 2.70. The van der Waals surface area contributed by atoms with E-state index in [1.165, 1.54) is 43.5 Å². The molecule has 0 radical (unpaired) electrons. The third-order valence-corrected chi connectivity index (χ3v) is 3.73. The Morgan fingerprint density at radius 1 is 1.35 bits per heavy atom. The lowest BCUT2D eigenvalue weighted by Gasteiger charge is -2.18. The molecule has 1 heterocycles. The van der Waals surface area contributed by atoms with Gasteiger partial charge in [0.25, 0.3) is 0 Å². The first-order valence-electron chi connectivity index (χ1n) is 8.10. The van der Waals surface area contributed by atoms with Crippen molar-refractivity contribution in [2.24, 2.45) is 7.05 Å². The summed E-state index contributed by atoms with van der Waals surface area (Å²) in [6.07, 6.45) is 10.3. The molecule has 0 fully saturated rings. The Morgan fingerprint density at radius 3 is 2.75 bits per heavy atom. The Balaban J connectivity index is 2.57. The van der Waals surface area contributed by atoms with Crippen LogP contribution >= 0.6 is 0 Å². The second-order valence-corrected chi connectivity index (χ2v) is 5.47. The molecule has 1 N–H and O–H groups in total. The van der Waals surface area contributed by atoms with Gasteiger partial charge in [-0.3, -0.25) is 4.68 Å². The van der Waals surface area contributed by atoms with Crippen molar-refractivity contribution in [3.63, 3.8) is 0 Å². The second kappa shape index (κ2) is 9.76. The zero-order valence-electron chi connectivity index (χ0n) is 13.5. The fourth-order valence-corrected chi connectivity index (χ4v) is 2.53. The molecule has 1 atom stereocenters. The summed E-state index contributed by atoms with van der Waals surface area (Å²) in [5.74, 6) is 0. The minimum atomic E-state index is 0.441. The number of allylic oxidation sites excluding steroid dienone is 1. The fourth-order valence-electron chi connectivity index (χ4n) is 2.53. The molecule has 0 spiro atoms. The number of hydrogen-bond donors (Lipinski definition) is 1. The lowest BCUT2D eigenvalue weighted by Crippen LogP contribution is -2.24. The predicted octanol–water partition coefficient (Wildman–Crippen LogP) is 4.16. The van der Waals surface area contributed by atoms with E-state index in [-0.39, 0.29) is 0 Å². The monoisotopic (exact) mass is 277 g/mol. The summed E-state index contributed by atoms with van der Waals surface area (Å²) in [6.45, 7) is 9.23. The van der Waals surface area contributed by atoms with Crippen molar-refractivity contribution >= 4 is 0 Å². The van der Waals surface area contributed by atoms with Gasteiger partial charge >= 0.3 is 0 Å². The maximum atomic E-state index is 4.58. The highest BCUT2D eigenvalue weighted by Gasteiger charge is 2.15. The molecule has 0 aliphatic heterocycles. The zero-order valence-corrected chi connectivity index (χ0v) is 13.5. The van der Waals surface area contributed by atoms with Crippen LogP contribution in [-0.4, -0.2) is 16.3 Å². The molecular formula is C17H31N3. The Kier molecular flexibility index (Phi) is 8.28. The number of nitrogens with zero attached hydrogens (tertiary/aromatic N) is 2. The maximum absolute atomic E-state index is 4.58. The van der Waals surface area contributed by atoms with Crippen LogP contribution in [0.3, 0.4) is 0 Å². The van der Waals surface area contributed by atoms with Crippen LogP contribution in [0.25, 0.3) is 0 Å². The normalized spacial score (nSPS) is 12.6. The number of hydrogen-bond acceptors (Lipinski definition) is 2. The summed E-state index contributed by atoms with van der Waals surface area (Å²) < 4.78 is 2.05. The molecule has 1 unspecified atom stereocenters. The van der Waals surface area contributed by atoms with Crippen molar-refractivity contribution in [3.05, 3.63) is 30.1 Å². The van der Waals surface area contributed by atoms with E-state index in [4.69, 9.17) is 0 Å². The smallest absolute Gasteiger partial charge is 0.0625 e. The van der Waals surface area contributed by atoms with Gasteiger partial charge in [-0.15, -0.1) is 6.58 Å². The zero-order chi connectivity index (χ0) is 14.8. The Labute approximate surface area is 124 Å². The first-order valence-corrected chi connectivity index (χ1v) is 8.10. The summed E-state index contributed by atoms with van der Waals surface area (Å²) >= 11 is 0. The molecule has 0 saturated heterocycles. The van der Waals surface area contributed by atoms with E-state index in [0.29, 0.717) is 6.04 Å². The Hall–Kier alpha value is -1.09. The van der Waals surface area contributed by atoms with E-state index < -0.39 is 0 Å². The van der Waals surface area contributed by atoms with Crippen molar-refractivity contribution in [3.8, 4) is 0 Å². The van der Waals surface area contributed by atoms with Crippen LogP contribution in [0, 0.1) is 0 Å². The van der Waals surface area contributed by atoms with Gasteiger partial charge in [0.15, 0.2) is 0 Å². The van der Waals surface area contributed by atoms with Crippen LogP contribution < -0.4 is 5.32 Å². The van der Waals surface area contributed by atoms with E-state index in [2.05, 4.69) is 48.6 Å². The van der Waals surface area contributed by atoms with E-state index in [0.717, 1.165) is 19.4 Å². The van der Waals surface area contributed by atoms with Crippen molar-refractivity contribution in [1.29, 1.82) is 0 Å². The molecule has 20 heavy (non-hydrogen) atoms. The SMILES string of the molecule is C=CCCCCCC(NCCC)c1cc(CC)nn1C. The maximum Gasteiger partial charge on any atom is 0.0625 e. The van der Waals surface area contributed by atoms with E-state index in [1.807, 2.05) is 6.08 Å². The van der Waals surface area contributed by atoms with Gasteiger partial charge in [-0.25, -0.2) is 0 Å². The fraction of sp³-hybridized carbons (Fsp3) is 0.706. The molecule has 0 aliphatic rings. The summed E-state index contributed by atoms with van der Waals surface area (Å²) in [5.41, 5.74) is 2.52. The number of rotatable bonds is 11. The van der Waals surface area contributed by atoms with Crippen molar-refractivity contribution < 1.29 is 0 Å². The predicted molar refractivity (Wildman–Crippen MR) is 86.9 cm³/mol. The minimum Gasteiger partial charge on any atom is -0.309 e. The quantitative estimate of drug-likeness (QED) is 0.486. The molecule has 3 nitrogen and oxygen atoms in total. The average molecular weight is 277 g/mol. The van der Waals surface area contributed by atoms with Gasteiger partial charge in [0.1, 0.15) is 0 Å². The molecule has 0 amide bonds. The third-order valence-electron chi connectivity index (χ3n) is 3.73. The number of unbranched alkanes of at least 4 members (excludes halogenated alkanes) is 3. The molecule has 0 aromatic carbocycles. The summed E-state index contributed by atoms with van der Waals surface area (Å²) in [4.78, 5) is 0. The van der Waals surface area contributed by atoms with Gasteiger partial charge < -0.3 is 5.32 Å². The van der Waals surface area contributed by atoms with E-state index >= 15 is 0 Å². The number of aromatic nitrogens is 2. The first-order chi connectivity index (χ1) is 9.72. The standard InChI is InChI=1S/C17H31N3/c1-5-8-9-10-11-12-16(18-13-6-2)17-14-15(7-3)19-20(17)4/h5,14,16,18H,1,6-13H2,2-4H3. The van der Waals surface area contributed by atoms with Crippen LogP contribution in [0.1, 0.15) is 69.8 Å². The van der Waals surface area contributed by atoms with Crippen LogP contribution in [-0.2, 0) is 13.5 Å². The minimum absolute atomic E-state index is 0.441. The second-order valence-electron chi connectivity index (χ2n) is 5.47. The van der Waals surface area contributed by atoms with Gasteiger partial charge in [-0.1, -0.05) is 32.8 Å². The van der Waals surface area contributed by atoms with E-state index in [1.54, 1.807) is 0 Å².